The first-order chi connectivity index (χ1) is 16.4. The molecule has 1 N–H and O–H groups in total. The molecular formula is C26H24ClFN4O2. The summed E-state index contributed by atoms with van der Waals surface area (Å²) in [5, 5.41) is 12.7. The maximum Gasteiger partial charge on any atom is 0.257 e. The van der Waals surface area contributed by atoms with Gasteiger partial charge in [0.2, 0.25) is 0 Å². The van der Waals surface area contributed by atoms with Crippen LogP contribution in [0.2, 0.25) is 5.02 Å². The molecule has 1 amide bonds. The molecule has 0 saturated carbocycles. The summed E-state index contributed by atoms with van der Waals surface area (Å²) in [6.07, 6.45) is 2.94. The third-order valence-electron chi connectivity index (χ3n) is 6.11. The lowest BCUT2D eigenvalue weighted by Crippen LogP contribution is -2.38. The maximum absolute atomic E-state index is 13.5. The monoisotopic (exact) mass is 478 g/mol. The molecule has 174 valence electrons. The standard InChI is InChI=1S/C26H24ClFN4O2/c1-17-2-7-22(27)24(14-17)30-23-15-25(33)32(13-10-29)16-21(23)26(34)31-11-8-19(9-12-31)18-3-5-20(28)6-4-18/h2-7,14-16,19,30H,8-9,11-13H2,1H3. The van der Waals surface area contributed by atoms with E-state index in [0.29, 0.717) is 35.1 Å². The van der Waals surface area contributed by atoms with Crippen LogP contribution in [0.5, 0.6) is 0 Å². The van der Waals surface area contributed by atoms with Crippen molar-refractivity contribution in [2.24, 2.45) is 0 Å². The molecule has 0 aliphatic carbocycles. The second-order valence-corrected chi connectivity index (χ2v) is 8.86. The van der Waals surface area contributed by atoms with Gasteiger partial charge >= 0.3 is 0 Å². The minimum absolute atomic E-state index is 0.156. The lowest BCUT2D eigenvalue weighted by Gasteiger charge is -2.33. The topological polar surface area (TPSA) is 78.1 Å². The van der Waals surface area contributed by atoms with Crippen LogP contribution in [0, 0.1) is 24.1 Å². The number of carbonyl (C=O) groups is 1. The molecule has 34 heavy (non-hydrogen) atoms. The molecule has 1 aromatic heterocycles. The highest BCUT2D eigenvalue weighted by molar-refractivity contribution is 6.33. The molecule has 0 radical (unpaired) electrons. The van der Waals surface area contributed by atoms with E-state index < -0.39 is 0 Å². The molecule has 0 unspecified atom stereocenters. The molecule has 4 rings (SSSR count). The van der Waals surface area contributed by atoms with Crippen molar-refractivity contribution in [3.63, 3.8) is 0 Å². The molecule has 1 fully saturated rings. The summed E-state index contributed by atoms with van der Waals surface area (Å²) >= 11 is 6.32. The molecule has 6 nitrogen and oxygen atoms in total. The van der Waals surface area contributed by atoms with Crippen molar-refractivity contribution in [1.29, 1.82) is 5.26 Å². The first kappa shape index (κ1) is 23.5. The van der Waals surface area contributed by atoms with Crippen LogP contribution in [0.1, 0.15) is 40.2 Å². The quantitative estimate of drug-likeness (QED) is 0.544. The van der Waals surface area contributed by atoms with Gasteiger partial charge in [-0.3, -0.25) is 9.59 Å². The third kappa shape index (κ3) is 5.13. The Morgan fingerprint density at radius 1 is 1.15 bits per heavy atom. The Bertz CT molecular complexity index is 1310. The second-order valence-electron chi connectivity index (χ2n) is 8.45. The molecule has 0 spiro atoms. The van der Waals surface area contributed by atoms with Crippen LogP contribution in [0.15, 0.2) is 59.5 Å². The Labute approximate surface area is 202 Å². The number of carbonyl (C=O) groups excluding carboxylic acids is 1. The van der Waals surface area contributed by atoms with Gasteiger partial charge in [0.15, 0.2) is 0 Å². The van der Waals surface area contributed by atoms with E-state index in [1.807, 2.05) is 25.1 Å². The van der Waals surface area contributed by atoms with Crippen molar-refractivity contribution >= 4 is 28.9 Å². The van der Waals surface area contributed by atoms with Crippen LogP contribution in [-0.2, 0) is 6.54 Å². The van der Waals surface area contributed by atoms with Crippen molar-refractivity contribution in [3.8, 4) is 6.07 Å². The minimum Gasteiger partial charge on any atom is -0.353 e. The number of aromatic nitrogens is 1. The summed E-state index contributed by atoms with van der Waals surface area (Å²) in [6.45, 7) is 2.83. The fraction of sp³-hybridized carbons (Fsp3) is 0.269. The Morgan fingerprint density at radius 2 is 1.85 bits per heavy atom. The van der Waals surface area contributed by atoms with Crippen molar-refractivity contribution in [1.82, 2.24) is 9.47 Å². The van der Waals surface area contributed by atoms with E-state index >= 15 is 0 Å². The third-order valence-corrected chi connectivity index (χ3v) is 6.44. The van der Waals surface area contributed by atoms with Gasteiger partial charge in [0, 0.05) is 25.4 Å². The van der Waals surface area contributed by atoms with E-state index in [1.165, 1.54) is 29.0 Å². The minimum atomic E-state index is -0.389. The molecule has 1 aliphatic rings. The fourth-order valence-corrected chi connectivity index (χ4v) is 4.41. The van der Waals surface area contributed by atoms with Gasteiger partial charge in [0.05, 0.1) is 28.0 Å². The number of pyridine rings is 1. The largest absolute Gasteiger partial charge is 0.353 e. The summed E-state index contributed by atoms with van der Waals surface area (Å²) in [6, 6.07) is 15.2. The van der Waals surface area contributed by atoms with Crippen molar-refractivity contribution in [3.05, 3.63) is 92.6 Å². The van der Waals surface area contributed by atoms with Crippen molar-refractivity contribution in [2.45, 2.75) is 32.2 Å². The van der Waals surface area contributed by atoms with Crippen LogP contribution in [0.25, 0.3) is 0 Å². The van der Waals surface area contributed by atoms with Gasteiger partial charge in [-0.05, 0) is 61.1 Å². The molecule has 0 atom stereocenters. The second kappa shape index (κ2) is 10.1. The number of hydrogen-bond acceptors (Lipinski definition) is 4. The van der Waals surface area contributed by atoms with Crippen LogP contribution >= 0.6 is 11.6 Å². The lowest BCUT2D eigenvalue weighted by atomic mass is 9.89. The molecule has 3 aromatic rings. The number of hydrogen-bond donors (Lipinski definition) is 1. The molecule has 8 heteroatoms. The van der Waals surface area contributed by atoms with Gasteiger partial charge in [-0.25, -0.2) is 4.39 Å². The van der Waals surface area contributed by atoms with E-state index in [0.717, 1.165) is 24.0 Å². The van der Waals surface area contributed by atoms with Crippen LogP contribution in [0.3, 0.4) is 0 Å². The van der Waals surface area contributed by atoms with Crippen LogP contribution < -0.4 is 10.9 Å². The number of likely N-dealkylation sites (tertiary alicyclic amines) is 1. The average Bonchev–Trinajstić information content (AvgIpc) is 2.83. The highest BCUT2D eigenvalue weighted by Crippen LogP contribution is 2.31. The number of anilines is 2. The van der Waals surface area contributed by atoms with Crippen LogP contribution in [-0.4, -0.2) is 28.5 Å². The van der Waals surface area contributed by atoms with Crippen molar-refractivity contribution < 1.29 is 9.18 Å². The molecule has 2 aromatic carbocycles. The summed E-state index contributed by atoms with van der Waals surface area (Å²) in [7, 11) is 0. The summed E-state index contributed by atoms with van der Waals surface area (Å²) in [5.74, 6) is -0.242. The maximum atomic E-state index is 13.5. The number of amides is 1. The molecule has 1 aliphatic heterocycles. The molecule has 0 bridgehead atoms. The Morgan fingerprint density at radius 3 is 2.53 bits per heavy atom. The first-order valence-electron chi connectivity index (χ1n) is 11.0. The van der Waals surface area contributed by atoms with Crippen LogP contribution in [0.4, 0.5) is 15.8 Å². The van der Waals surface area contributed by atoms with E-state index in [9.17, 15) is 14.0 Å². The molecule has 1 saturated heterocycles. The normalized spacial score (nSPS) is 14.0. The number of rotatable bonds is 5. The zero-order valence-electron chi connectivity index (χ0n) is 18.7. The highest BCUT2D eigenvalue weighted by atomic mass is 35.5. The van der Waals surface area contributed by atoms with Gasteiger partial charge < -0.3 is 14.8 Å². The highest BCUT2D eigenvalue weighted by Gasteiger charge is 2.27. The Kier molecular flexibility index (Phi) is 6.99. The summed E-state index contributed by atoms with van der Waals surface area (Å²) < 4.78 is 14.5. The number of piperidine rings is 1. The predicted octanol–water partition coefficient (Wildman–Crippen LogP) is 5.24. The average molecular weight is 479 g/mol. The smallest absolute Gasteiger partial charge is 0.257 e. The SMILES string of the molecule is Cc1ccc(Cl)c(Nc2cc(=O)n(CC#N)cc2C(=O)N2CCC(c3ccc(F)cc3)CC2)c1. The molecule has 2 heterocycles. The van der Waals surface area contributed by atoms with Gasteiger partial charge in [0.25, 0.3) is 11.5 Å². The van der Waals surface area contributed by atoms with E-state index in [2.05, 4.69) is 5.32 Å². The summed E-state index contributed by atoms with van der Waals surface area (Å²) in [4.78, 5) is 27.8. The number of aryl methyl sites for hydroxylation is 1. The zero-order valence-corrected chi connectivity index (χ0v) is 19.5. The number of nitriles is 1. The van der Waals surface area contributed by atoms with Gasteiger partial charge in [-0.15, -0.1) is 0 Å². The van der Waals surface area contributed by atoms with E-state index in [-0.39, 0.29) is 29.7 Å². The Hall–Kier alpha value is -3.63. The van der Waals surface area contributed by atoms with Gasteiger partial charge in [0.1, 0.15) is 12.4 Å². The van der Waals surface area contributed by atoms with Crippen molar-refractivity contribution in [2.75, 3.05) is 18.4 Å². The van der Waals surface area contributed by atoms with Gasteiger partial charge in [-0.2, -0.15) is 5.26 Å². The van der Waals surface area contributed by atoms with E-state index in [1.54, 1.807) is 23.1 Å². The lowest BCUT2D eigenvalue weighted by molar-refractivity contribution is 0.0713. The fourth-order valence-electron chi connectivity index (χ4n) is 4.25. The number of halogens is 2. The van der Waals surface area contributed by atoms with Gasteiger partial charge in [-0.1, -0.05) is 29.8 Å². The molecular weight excluding hydrogens is 455 g/mol. The van der Waals surface area contributed by atoms with E-state index in [4.69, 9.17) is 16.9 Å². The Balaban J connectivity index is 1.60. The number of nitrogens with one attached hydrogen (secondary N) is 1. The number of benzene rings is 2. The first-order valence-corrected chi connectivity index (χ1v) is 11.4. The zero-order chi connectivity index (χ0) is 24.2. The summed E-state index contributed by atoms with van der Waals surface area (Å²) in [5.41, 5.74) is 2.88. The predicted molar refractivity (Wildman–Crippen MR) is 130 cm³/mol. The number of nitrogens with zero attached hydrogens (tertiary/aromatic N) is 3.